The molecule has 2 rings (SSSR count). The molecular formula is C12H17NO4. The highest BCUT2D eigenvalue weighted by molar-refractivity contribution is 6.01. The summed E-state index contributed by atoms with van der Waals surface area (Å²) in [5.74, 6) is 0.700. The van der Waals surface area contributed by atoms with Crippen LogP contribution in [-0.2, 0) is 19.1 Å². The van der Waals surface area contributed by atoms with Crippen molar-refractivity contribution >= 4 is 18.6 Å². The Bertz CT molecular complexity index is 306. The number of carbonyl (C=O) groups is 3. The van der Waals surface area contributed by atoms with Crippen molar-refractivity contribution in [3.63, 3.8) is 0 Å². The molecule has 17 heavy (non-hydrogen) atoms. The highest BCUT2D eigenvalue weighted by Crippen LogP contribution is 2.08. The fraction of sp³-hybridized carbons (Fsp3) is 0.417. The lowest BCUT2D eigenvalue weighted by atomic mass is 10.2. The van der Waals surface area contributed by atoms with Gasteiger partial charge in [0.2, 0.25) is 11.8 Å². The van der Waals surface area contributed by atoms with Gasteiger partial charge in [0.1, 0.15) is 12.5 Å². The van der Waals surface area contributed by atoms with Crippen LogP contribution < -0.4 is 5.32 Å². The molecule has 2 aliphatic rings. The summed E-state index contributed by atoms with van der Waals surface area (Å²) in [6.45, 7) is 2.00. The van der Waals surface area contributed by atoms with Crippen LogP contribution in [0.15, 0.2) is 24.0 Å². The third kappa shape index (κ3) is 7.05. The highest BCUT2D eigenvalue weighted by atomic mass is 16.5. The van der Waals surface area contributed by atoms with Gasteiger partial charge in [0.15, 0.2) is 0 Å². The Morgan fingerprint density at radius 1 is 1.18 bits per heavy atom. The van der Waals surface area contributed by atoms with Crippen LogP contribution in [0.2, 0.25) is 0 Å². The Morgan fingerprint density at radius 2 is 1.76 bits per heavy atom. The SMILES string of the molecule is C=O.COC1=CCCC=C1.O=C1CCC(=O)N1. The Balaban J connectivity index is 0.000000265. The summed E-state index contributed by atoms with van der Waals surface area (Å²) in [5, 5.41) is 2.14. The lowest BCUT2D eigenvalue weighted by molar-refractivity contribution is -0.124. The number of rotatable bonds is 1. The second-order valence-corrected chi connectivity index (χ2v) is 3.26. The van der Waals surface area contributed by atoms with E-state index in [0.29, 0.717) is 12.8 Å². The fourth-order valence-electron chi connectivity index (χ4n) is 1.25. The second kappa shape index (κ2) is 9.33. The van der Waals surface area contributed by atoms with Gasteiger partial charge in [-0.1, -0.05) is 6.08 Å². The number of methoxy groups -OCH3 is 1. The van der Waals surface area contributed by atoms with E-state index in [1.54, 1.807) is 7.11 Å². The number of ether oxygens (including phenoxy) is 1. The molecule has 1 aliphatic heterocycles. The van der Waals surface area contributed by atoms with Gasteiger partial charge in [0, 0.05) is 12.8 Å². The van der Waals surface area contributed by atoms with Gasteiger partial charge in [0.05, 0.1) is 7.11 Å². The van der Waals surface area contributed by atoms with E-state index in [-0.39, 0.29) is 11.8 Å². The maximum absolute atomic E-state index is 10.1. The normalized spacial score (nSPS) is 16.9. The predicted molar refractivity (Wildman–Crippen MR) is 63.0 cm³/mol. The molecule has 1 saturated heterocycles. The molecular weight excluding hydrogens is 222 g/mol. The number of hydrogen-bond acceptors (Lipinski definition) is 4. The van der Waals surface area contributed by atoms with Crippen LogP contribution in [0, 0.1) is 0 Å². The molecule has 0 spiro atoms. The molecule has 5 heteroatoms. The summed E-state index contributed by atoms with van der Waals surface area (Å²) in [6, 6.07) is 0. The van der Waals surface area contributed by atoms with E-state index >= 15 is 0 Å². The minimum absolute atomic E-state index is 0.148. The van der Waals surface area contributed by atoms with Crippen LogP contribution in [0.5, 0.6) is 0 Å². The van der Waals surface area contributed by atoms with Crippen molar-refractivity contribution in [2.24, 2.45) is 0 Å². The maximum atomic E-state index is 10.1. The lowest BCUT2D eigenvalue weighted by Gasteiger charge is -2.02. The molecule has 0 aromatic heterocycles. The van der Waals surface area contributed by atoms with Gasteiger partial charge >= 0.3 is 0 Å². The summed E-state index contributed by atoms with van der Waals surface area (Å²) in [6.07, 6.45) is 9.26. The summed E-state index contributed by atoms with van der Waals surface area (Å²) < 4.78 is 4.97. The van der Waals surface area contributed by atoms with E-state index in [0.717, 1.165) is 18.6 Å². The van der Waals surface area contributed by atoms with Gasteiger partial charge in [0.25, 0.3) is 0 Å². The van der Waals surface area contributed by atoms with E-state index in [4.69, 9.17) is 9.53 Å². The Hall–Kier alpha value is -1.91. The predicted octanol–water partition coefficient (Wildman–Crippen LogP) is 1.10. The maximum Gasteiger partial charge on any atom is 0.227 e. The summed E-state index contributed by atoms with van der Waals surface area (Å²) in [5.41, 5.74) is 0. The number of amides is 2. The van der Waals surface area contributed by atoms with Gasteiger partial charge in [-0.3, -0.25) is 14.9 Å². The zero-order valence-electron chi connectivity index (χ0n) is 9.90. The summed E-state index contributed by atoms with van der Waals surface area (Å²) in [4.78, 5) is 28.2. The Kier molecular flexibility index (Phi) is 8.28. The molecule has 5 nitrogen and oxygen atoms in total. The average Bonchev–Trinajstić information content (AvgIpc) is 2.77. The van der Waals surface area contributed by atoms with E-state index in [9.17, 15) is 9.59 Å². The molecule has 0 unspecified atom stereocenters. The Labute approximate surface area is 101 Å². The third-order valence-corrected chi connectivity index (χ3v) is 2.05. The zero-order valence-corrected chi connectivity index (χ0v) is 9.90. The van der Waals surface area contributed by atoms with E-state index in [1.165, 1.54) is 0 Å². The van der Waals surface area contributed by atoms with Gasteiger partial charge < -0.3 is 9.53 Å². The summed E-state index contributed by atoms with van der Waals surface area (Å²) in [7, 11) is 1.70. The molecule has 0 bridgehead atoms. The van der Waals surface area contributed by atoms with E-state index < -0.39 is 0 Å². The molecule has 1 N–H and O–H groups in total. The van der Waals surface area contributed by atoms with Crippen LogP contribution in [0.25, 0.3) is 0 Å². The van der Waals surface area contributed by atoms with Crippen LogP contribution in [0.3, 0.4) is 0 Å². The first-order chi connectivity index (χ1) is 8.22. The van der Waals surface area contributed by atoms with Crippen LogP contribution >= 0.6 is 0 Å². The average molecular weight is 239 g/mol. The molecule has 0 atom stereocenters. The van der Waals surface area contributed by atoms with Crippen molar-refractivity contribution in [3.05, 3.63) is 24.0 Å². The minimum Gasteiger partial charge on any atom is -0.497 e. The van der Waals surface area contributed by atoms with Gasteiger partial charge in [-0.25, -0.2) is 0 Å². The lowest BCUT2D eigenvalue weighted by Crippen LogP contribution is -2.18. The minimum atomic E-state index is -0.148. The molecule has 1 heterocycles. The van der Waals surface area contributed by atoms with Crippen LogP contribution in [-0.4, -0.2) is 25.7 Å². The topological polar surface area (TPSA) is 72.5 Å². The Morgan fingerprint density at radius 3 is 2.00 bits per heavy atom. The van der Waals surface area contributed by atoms with E-state index in [2.05, 4.69) is 17.5 Å². The third-order valence-electron chi connectivity index (χ3n) is 2.05. The number of allylic oxidation sites excluding steroid dienone is 3. The first-order valence-corrected chi connectivity index (χ1v) is 5.24. The smallest absolute Gasteiger partial charge is 0.227 e. The van der Waals surface area contributed by atoms with E-state index in [1.807, 2.05) is 12.9 Å². The van der Waals surface area contributed by atoms with Gasteiger partial charge in [-0.05, 0) is 25.0 Å². The standard InChI is InChI=1S/C7H10O.C4H5NO2.CH2O/c1-8-7-5-3-2-4-6-7;6-3-1-2-4(7)5-3;1-2/h3,5-6H,2,4H2,1H3;1-2H2,(H,5,6,7);1H2. The molecule has 2 amide bonds. The largest absolute Gasteiger partial charge is 0.497 e. The molecule has 0 saturated carbocycles. The molecule has 0 aromatic carbocycles. The van der Waals surface area contributed by atoms with Crippen molar-refractivity contribution in [1.82, 2.24) is 5.32 Å². The van der Waals surface area contributed by atoms with Crippen LogP contribution in [0.4, 0.5) is 0 Å². The molecule has 1 fully saturated rings. The van der Waals surface area contributed by atoms with Crippen molar-refractivity contribution < 1.29 is 19.1 Å². The van der Waals surface area contributed by atoms with Gasteiger partial charge in [-0.2, -0.15) is 0 Å². The highest BCUT2D eigenvalue weighted by Gasteiger charge is 2.15. The first-order valence-electron chi connectivity index (χ1n) is 5.24. The molecule has 0 radical (unpaired) electrons. The monoisotopic (exact) mass is 239 g/mol. The fourth-order valence-corrected chi connectivity index (χ4v) is 1.25. The number of imide groups is 1. The van der Waals surface area contributed by atoms with Gasteiger partial charge in [-0.15, -0.1) is 0 Å². The first kappa shape index (κ1) is 15.1. The number of nitrogens with one attached hydrogen (secondary N) is 1. The van der Waals surface area contributed by atoms with Crippen molar-refractivity contribution in [3.8, 4) is 0 Å². The quantitative estimate of drug-likeness (QED) is 0.695. The molecule has 0 aromatic rings. The van der Waals surface area contributed by atoms with Crippen molar-refractivity contribution in [2.75, 3.05) is 7.11 Å². The molecule has 94 valence electrons. The zero-order chi connectivity index (χ0) is 13.1. The number of hydrogen-bond donors (Lipinski definition) is 1. The molecule has 1 aliphatic carbocycles. The summed E-state index contributed by atoms with van der Waals surface area (Å²) >= 11 is 0. The van der Waals surface area contributed by atoms with Crippen LogP contribution in [0.1, 0.15) is 25.7 Å². The van der Waals surface area contributed by atoms with Crippen molar-refractivity contribution in [2.45, 2.75) is 25.7 Å². The van der Waals surface area contributed by atoms with Crippen molar-refractivity contribution in [1.29, 1.82) is 0 Å². The second-order valence-electron chi connectivity index (χ2n) is 3.26. The number of carbonyl (C=O) groups excluding carboxylic acids is 3.